The van der Waals surface area contributed by atoms with E-state index in [0.717, 1.165) is 21.9 Å². The van der Waals surface area contributed by atoms with Crippen molar-refractivity contribution in [3.8, 4) is 5.75 Å². The first-order valence-electron chi connectivity index (χ1n) is 7.75. The molecular weight excluding hydrogens is 318 g/mol. The van der Waals surface area contributed by atoms with Gasteiger partial charge in [-0.2, -0.15) is 0 Å². The van der Waals surface area contributed by atoms with Crippen molar-refractivity contribution < 1.29 is 9.53 Å². The number of ether oxygens (including phenoxy) is 1. The SMILES string of the molecule is COc1ccc(C(=O)CSc2cc(C)c3cccc(C)c3n2)cc1. The van der Waals surface area contributed by atoms with Gasteiger partial charge in [0, 0.05) is 10.9 Å². The van der Waals surface area contributed by atoms with Crippen molar-refractivity contribution in [3.63, 3.8) is 0 Å². The number of thioether (sulfide) groups is 1. The number of para-hydroxylation sites is 1. The zero-order valence-electron chi connectivity index (χ0n) is 14.0. The lowest BCUT2D eigenvalue weighted by Crippen LogP contribution is -2.02. The number of methoxy groups -OCH3 is 1. The summed E-state index contributed by atoms with van der Waals surface area (Å²) in [6, 6.07) is 15.4. The number of rotatable bonds is 5. The predicted octanol–water partition coefficient (Wildman–Crippen LogP) is 4.84. The molecule has 3 aromatic rings. The fourth-order valence-corrected chi connectivity index (χ4v) is 3.47. The van der Waals surface area contributed by atoms with Gasteiger partial charge in [-0.05, 0) is 55.3 Å². The third kappa shape index (κ3) is 3.44. The third-order valence-electron chi connectivity index (χ3n) is 3.99. The molecule has 2 aromatic carbocycles. The summed E-state index contributed by atoms with van der Waals surface area (Å²) in [5.41, 5.74) is 4.04. The number of Topliss-reactive ketones (excluding diaryl/α,β-unsaturated/α-hetero) is 1. The third-order valence-corrected chi connectivity index (χ3v) is 4.90. The number of hydrogen-bond donors (Lipinski definition) is 0. The largest absolute Gasteiger partial charge is 0.497 e. The van der Waals surface area contributed by atoms with Gasteiger partial charge in [0.05, 0.1) is 23.4 Å². The van der Waals surface area contributed by atoms with Crippen LogP contribution < -0.4 is 4.74 Å². The summed E-state index contributed by atoms with van der Waals surface area (Å²) in [5, 5.41) is 2.05. The average Bonchev–Trinajstić information content (AvgIpc) is 2.60. The Morgan fingerprint density at radius 2 is 1.83 bits per heavy atom. The van der Waals surface area contributed by atoms with E-state index in [1.165, 1.54) is 22.7 Å². The second-order valence-corrected chi connectivity index (χ2v) is 6.68. The van der Waals surface area contributed by atoms with Crippen molar-refractivity contribution in [1.29, 1.82) is 0 Å². The van der Waals surface area contributed by atoms with E-state index in [4.69, 9.17) is 9.72 Å². The Bertz CT molecular complexity index is 888. The smallest absolute Gasteiger partial charge is 0.173 e. The van der Waals surface area contributed by atoms with Gasteiger partial charge in [-0.15, -0.1) is 0 Å². The zero-order chi connectivity index (χ0) is 17.1. The van der Waals surface area contributed by atoms with E-state index in [1.54, 1.807) is 31.4 Å². The van der Waals surface area contributed by atoms with Crippen LogP contribution in [0.1, 0.15) is 21.5 Å². The van der Waals surface area contributed by atoms with Crippen LogP contribution in [0.2, 0.25) is 0 Å². The molecule has 0 amide bonds. The molecule has 24 heavy (non-hydrogen) atoms. The number of nitrogens with zero attached hydrogens (tertiary/aromatic N) is 1. The van der Waals surface area contributed by atoms with E-state index in [1.807, 2.05) is 12.1 Å². The monoisotopic (exact) mass is 337 g/mol. The van der Waals surface area contributed by atoms with Crippen molar-refractivity contribution in [2.24, 2.45) is 0 Å². The molecule has 0 bridgehead atoms. The summed E-state index contributed by atoms with van der Waals surface area (Å²) in [7, 11) is 1.61. The van der Waals surface area contributed by atoms with Gasteiger partial charge in [0.25, 0.3) is 0 Å². The highest BCUT2D eigenvalue weighted by Crippen LogP contribution is 2.26. The summed E-state index contributed by atoms with van der Waals surface area (Å²) in [6.45, 7) is 4.14. The summed E-state index contributed by atoms with van der Waals surface area (Å²) >= 11 is 1.48. The number of hydrogen-bond acceptors (Lipinski definition) is 4. The second kappa shape index (κ2) is 7.05. The maximum atomic E-state index is 12.3. The Balaban J connectivity index is 1.77. The Hall–Kier alpha value is -2.33. The molecular formula is C20H19NO2S. The predicted molar refractivity (Wildman–Crippen MR) is 99.3 cm³/mol. The van der Waals surface area contributed by atoms with Crippen LogP contribution in [0.25, 0.3) is 10.9 Å². The van der Waals surface area contributed by atoms with Crippen molar-refractivity contribution in [2.45, 2.75) is 18.9 Å². The topological polar surface area (TPSA) is 39.2 Å². The van der Waals surface area contributed by atoms with Crippen LogP contribution in [-0.4, -0.2) is 23.6 Å². The van der Waals surface area contributed by atoms with Crippen molar-refractivity contribution in [1.82, 2.24) is 4.98 Å². The van der Waals surface area contributed by atoms with Crippen LogP contribution in [0.4, 0.5) is 0 Å². The highest BCUT2D eigenvalue weighted by atomic mass is 32.2. The molecule has 0 saturated carbocycles. The normalized spacial score (nSPS) is 10.8. The number of carbonyl (C=O) groups excluding carboxylic acids is 1. The maximum Gasteiger partial charge on any atom is 0.173 e. The highest BCUT2D eigenvalue weighted by molar-refractivity contribution is 7.99. The Morgan fingerprint density at radius 1 is 1.08 bits per heavy atom. The lowest BCUT2D eigenvalue weighted by Gasteiger charge is -2.08. The average molecular weight is 337 g/mol. The van der Waals surface area contributed by atoms with Crippen molar-refractivity contribution in [3.05, 3.63) is 65.2 Å². The van der Waals surface area contributed by atoms with Crippen molar-refractivity contribution in [2.75, 3.05) is 12.9 Å². The number of pyridine rings is 1. The first-order valence-corrected chi connectivity index (χ1v) is 8.74. The van der Waals surface area contributed by atoms with Gasteiger partial charge in [-0.25, -0.2) is 4.98 Å². The molecule has 0 aliphatic carbocycles. The standard InChI is InChI=1S/C20H19NO2S/c1-13-5-4-6-17-14(2)11-19(21-20(13)17)24-12-18(22)15-7-9-16(23-3)10-8-15/h4-11H,12H2,1-3H3. The zero-order valence-corrected chi connectivity index (χ0v) is 14.8. The maximum absolute atomic E-state index is 12.3. The van der Waals surface area contributed by atoms with Crippen LogP contribution in [0.5, 0.6) is 5.75 Å². The summed E-state index contributed by atoms with van der Waals surface area (Å²) < 4.78 is 5.12. The van der Waals surface area contributed by atoms with Gasteiger partial charge in [-0.1, -0.05) is 30.0 Å². The molecule has 3 nitrogen and oxygen atoms in total. The number of aromatic nitrogens is 1. The lowest BCUT2D eigenvalue weighted by molar-refractivity contribution is 0.102. The fraction of sp³-hybridized carbons (Fsp3) is 0.200. The number of aryl methyl sites for hydroxylation is 2. The molecule has 1 aromatic heterocycles. The Kier molecular flexibility index (Phi) is 4.86. The fourth-order valence-electron chi connectivity index (χ4n) is 2.60. The molecule has 0 N–H and O–H groups in total. The molecule has 3 rings (SSSR count). The van der Waals surface area contributed by atoms with Gasteiger partial charge in [0.1, 0.15) is 5.75 Å². The molecule has 0 spiro atoms. The van der Waals surface area contributed by atoms with Crippen LogP contribution >= 0.6 is 11.8 Å². The molecule has 4 heteroatoms. The lowest BCUT2D eigenvalue weighted by atomic mass is 10.1. The minimum Gasteiger partial charge on any atom is -0.497 e. The Labute approximate surface area is 146 Å². The summed E-state index contributed by atoms with van der Waals surface area (Å²) in [4.78, 5) is 17.1. The van der Waals surface area contributed by atoms with Gasteiger partial charge in [-0.3, -0.25) is 4.79 Å². The molecule has 0 aliphatic rings. The van der Waals surface area contributed by atoms with E-state index in [2.05, 4.69) is 26.0 Å². The van der Waals surface area contributed by atoms with Crippen LogP contribution in [0.15, 0.2) is 53.6 Å². The first kappa shape index (κ1) is 16.5. The van der Waals surface area contributed by atoms with Gasteiger partial charge in [0.2, 0.25) is 0 Å². The first-order chi connectivity index (χ1) is 11.6. The molecule has 1 heterocycles. The van der Waals surface area contributed by atoms with Crippen molar-refractivity contribution >= 4 is 28.4 Å². The van der Waals surface area contributed by atoms with Crippen LogP contribution in [0.3, 0.4) is 0 Å². The van der Waals surface area contributed by atoms with Crippen LogP contribution in [0, 0.1) is 13.8 Å². The van der Waals surface area contributed by atoms with Crippen LogP contribution in [-0.2, 0) is 0 Å². The molecule has 0 atom stereocenters. The van der Waals surface area contributed by atoms with E-state index in [0.29, 0.717) is 11.3 Å². The minimum atomic E-state index is 0.0898. The summed E-state index contributed by atoms with van der Waals surface area (Å²) in [6.07, 6.45) is 0. The van der Waals surface area contributed by atoms with E-state index < -0.39 is 0 Å². The highest BCUT2D eigenvalue weighted by Gasteiger charge is 2.10. The molecule has 0 fully saturated rings. The quantitative estimate of drug-likeness (QED) is 0.493. The van der Waals surface area contributed by atoms with Gasteiger partial charge >= 0.3 is 0 Å². The van der Waals surface area contributed by atoms with Gasteiger partial charge < -0.3 is 4.74 Å². The molecule has 122 valence electrons. The Morgan fingerprint density at radius 3 is 2.54 bits per heavy atom. The van der Waals surface area contributed by atoms with Gasteiger partial charge in [0.15, 0.2) is 5.78 Å². The molecule has 0 radical (unpaired) electrons. The number of benzene rings is 2. The minimum absolute atomic E-state index is 0.0898. The van der Waals surface area contributed by atoms with E-state index in [9.17, 15) is 4.79 Å². The molecule has 0 unspecified atom stereocenters. The number of carbonyl (C=O) groups is 1. The molecule has 0 saturated heterocycles. The number of ketones is 1. The summed E-state index contributed by atoms with van der Waals surface area (Å²) in [5.74, 6) is 1.21. The van der Waals surface area contributed by atoms with E-state index >= 15 is 0 Å². The number of fused-ring (bicyclic) bond motifs is 1. The molecule has 0 aliphatic heterocycles. The second-order valence-electron chi connectivity index (χ2n) is 5.69. The van der Waals surface area contributed by atoms with E-state index in [-0.39, 0.29) is 5.78 Å².